The van der Waals surface area contributed by atoms with Gasteiger partial charge in [0.25, 0.3) is 0 Å². The number of ether oxygens (including phenoxy) is 1. The lowest BCUT2D eigenvalue weighted by Gasteiger charge is -2.15. The molecule has 90 valence electrons. The molecule has 0 unspecified atom stereocenters. The molecule has 1 fully saturated rings. The maximum absolute atomic E-state index is 13.9. The molecule has 0 radical (unpaired) electrons. The van der Waals surface area contributed by atoms with E-state index in [0.29, 0.717) is 12.8 Å². The van der Waals surface area contributed by atoms with Crippen LogP contribution >= 0.6 is 11.6 Å². The number of nitrogens with zero attached hydrogens (tertiary/aromatic N) is 1. The molecule has 17 heavy (non-hydrogen) atoms. The molecule has 6 heteroatoms. The van der Waals surface area contributed by atoms with Gasteiger partial charge in [-0.3, -0.25) is 0 Å². The van der Waals surface area contributed by atoms with Crippen molar-refractivity contribution in [2.45, 2.75) is 18.4 Å². The fourth-order valence-corrected chi connectivity index (χ4v) is 1.99. The van der Waals surface area contributed by atoms with Gasteiger partial charge in [0.1, 0.15) is 5.54 Å². The quantitative estimate of drug-likeness (QED) is 0.669. The Balaban J connectivity index is 2.68. The van der Waals surface area contributed by atoms with E-state index in [4.69, 9.17) is 16.3 Å². The van der Waals surface area contributed by atoms with E-state index in [0.717, 1.165) is 0 Å². The van der Waals surface area contributed by atoms with Crippen molar-refractivity contribution in [3.63, 3.8) is 0 Å². The highest BCUT2D eigenvalue weighted by molar-refractivity contribution is 6.31. The lowest BCUT2D eigenvalue weighted by Crippen LogP contribution is -2.07. The Morgan fingerprint density at radius 2 is 2.29 bits per heavy atom. The summed E-state index contributed by atoms with van der Waals surface area (Å²) in [6.07, 6.45) is 2.33. The molecule has 0 aromatic heterocycles. The van der Waals surface area contributed by atoms with Crippen molar-refractivity contribution in [2.75, 3.05) is 7.11 Å². The molecule has 0 spiro atoms. The zero-order chi connectivity index (χ0) is 12.6. The Morgan fingerprint density at radius 3 is 2.76 bits per heavy atom. The highest BCUT2D eigenvalue weighted by atomic mass is 35.5. The summed E-state index contributed by atoms with van der Waals surface area (Å²) in [5, 5.41) is 9.70. The maximum atomic E-state index is 13.9. The molecule has 1 aliphatic carbocycles. The average Bonchev–Trinajstić information content (AvgIpc) is 3.05. The molecule has 1 aromatic carbocycles. The van der Waals surface area contributed by atoms with Crippen molar-refractivity contribution in [3.8, 4) is 11.5 Å². The van der Waals surface area contributed by atoms with E-state index in [1.807, 2.05) is 0 Å². The molecule has 1 N–H and O–H groups in total. The molecule has 0 aliphatic heterocycles. The molecule has 4 nitrogen and oxygen atoms in total. The first-order chi connectivity index (χ1) is 8.05. The molecular formula is C11H9ClFNO3. The van der Waals surface area contributed by atoms with E-state index in [1.54, 1.807) is 0 Å². The minimum Gasteiger partial charge on any atom is -0.504 e. The van der Waals surface area contributed by atoms with Crippen molar-refractivity contribution in [2.24, 2.45) is 4.99 Å². The number of methoxy groups -OCH3 is 1. The van der Waals surface area contributed by atoms with E-state index < -0.39 is 11.4 Å². The van der Waals surface area contributed by atoms with Gasteiger partial charge in [-0.2, -0.15) is 4.99 Å². The largest absolute Gasteiger partial charge is 0.504 e. The van der Waals surface area contributed by atoms with Crippen molar-refractivity contribution < 1.29 is 19.0 Å². The van der Waals surface area contributed by atoms with Crippen LogP contribution in [-0.4, -0.2) is 18.3 Å². The summed E-state index contributed by atoms with van der Waals surface area (Å²) in [6, 6.07) is 1.18. The minimum absolute atomic E-state index is 0.0544. The predicted molar refractivity (Wildman–Crippen MR) is 58.7 cm³/mol. The standard InChI is InChI=1S/C11H9ClFNO3/c1-17-7-4-6(12)9(13)8(10(7)16)11(2-3-11)14-5-15/h4,16H,2-3H2,1H3. The normalized spacial score (nSPS) is 16.2. The first kappa shape index (κ1) is 11.9. The van der Waals surface area contributed by atoms with E-state index in [9.17, 15) is 14.3 Å². The van der Waals surface area contributed by atoms with Crippen LogP contribution in [-0.2, 0) is 10.3 Å². The molecule has 0 heterocycles. The maximum Gasteiger partial charge on any atom is 0.235 e. The fourth-order valence-electron chi connectivity index (χ4n) is 1.80. The number of aromatic hydroxyl groups is 1. The smallest absolute Gasteiger partial charge is 0.235 e. The van der Waals surface area contributed by atoms with Gasteiger partial charge in [0.2, 0.25) is 6.08 Å². The van der Waals surface area contributed by atoms with Gasteiger partial charge >= 0.3 is 0 Å². The summed E-state index contributed by atoms with van der Waals surface area (Å²) in [5.74, 6) is -1.09. The molecule has 0 saturated heterocycles. The van der Waals surface area contributed by atoms with Crippen LogP contribution in [0.25, 0.3) is 0 Å². The molecule has 0 atom stereocenters. The van der Waals surface area contributed by atoms with Gasteiger partial charge in [0.15, 0.2) is 17.3 Å². The van der Waals surface area contributed by atoms with Gasteiger partial charge in [-0.15, -0.1) is 0 Å². The lowest BCUT2D eigenvalue weighted by molar-refractivity contribution is 0.363. The fraction of sp³-hybridized carbons (Fsp3) is 0.364. The van der Waals surface area contributed by atoms with Crippen LogP contribution in [0.1, 0.15) is 18.4 Å². The predicted octanol–water partition coefficient (Wildman–Crippen LogP) is 2.52. The second-order valence-corrected chi connectivity index (χ2v) is 4.24. The molecule has 0 amide bonds. The summed E-state index contributed by atoms with van der Waals surface area (Å²) >= 11 is 5.70. The Labute approximate surface area is 102 Å². The molecule has 1 aliphatic rings. The van der Waals surface area contributed by atoms with Crippen LogP contribution in [0.2, 0.25) is 5.02 Å². The van der Waals surface area contributed by atoms with Crippen molar-refractivity contribution >= 4 is 17.7 Å². The monoisotopic (exact) mass is 257 g/mol. The van der Waals surface area contributed by atoms with Gasteiger partial charge in [-0.05, 0) is 12.8 Å². The Morgan fingerprint density at radius 1 is 1.65 bits per heavy atom. The average molecular weight is 258 g/mol. The zero-order valence-electron chi connectivity index (χ0n) is 8.96. The number of benzene rings is 1. The van der Waals surface area contributed by atoms with Crippen LogP contribution in [0.5, 0.6) is 11.5 Å². The first-order valence-corrected chi connectivity index (χ1v) is 5.28. The van der Waals surface area contributed by atoms with Gasteiger partial charge in [0.05, 0.1) is 17.7 Å². The number of carbonyl (C=O) groups excluding carboxylic acids is 1. The molecule has 0 bridgehead atoms. The highest BCUT2D eigenvalue weighted by Crippen LogP contribution is 2.55. The van der Waals surface area contributed by atoms with Crippen LogP contribution in [0.3, 0.4) is 0 Å². The number of aliphatic imine (C=N–C) groups is 1. The number of halogens is 2. The van der Waals surface area contributed by atoms with E-state index in [1.165, 1.54) is 19.3 Å². The molecular weight excluding hydrogens is 249 g/mol. The highest BCUT2D eigenvalue weighted by Gasteiger charge is 2.49. The van der Waals surface area contributed by atoms with Gasteiger partial charge in [0, 0.05) is 6.07 Å². The third kappa shape index (κ3) is 1.77. The number of phenolic OH excluding ortho intramolecular Hbond substituents is 1. The number of phenols is 1. The van der Waals surface area contributed by atoms with Crippen molar-refractivity contribution in [1.82, 2.24) is 0 Å². The Bertz CT molecular complexity index is 522. The Kier molecular flexibility index (Phi) is 2.81. The minimum atomic E-state index is -1.03. The summed E-state index contributed by atoms with van der Waals surface area (Å²) in [6.45, 7) is 0. The molecule has 1 aromatic rings. The van der Waals surface area contributed by atoms with Crippen molar-refractivity contribution in [3.05, 3.63) is 22.5 Å². The Hall–Kier alpha value is -1.58. The zero-order valence-corrected chi connectivity index (χ0v) is 9.71. The number of hydrogen-bond donors (Lipinski definition) is 1. The summed E-state index contributed by atoms with van der Waals surface area (Å²) in [7, 11) is 1.33. The van der Waals surface area contributed by atoms with E-state index >= 15 is 0 Å². The topological polar surface area (TPSA) is 58.9 Å². The summed E-state index contributed by atoms with van der Waals surface area (Å²) in [4.78, 5) is 13.9. The number of isocyanates is 1. The third-order valence-corrected chi connectivity index (χ3v) is 3.10. The second kappa shape index (κ2) is 4.02. The van der Waals surface area contributed by atoms with Crippen LogP contribution in [0, 0.1) is 5.82 Å². The third-order valence-electron chi connectivity index (χ3n) is 2.83. The number of rotatable bonds is 3. The molecule has 1 saturated carbocycles. The van der Waals surface area contributed by atoms with Crippen LogP contribution in [0.15, 0.2) is 11.1 Å². The van der Waals surface area contributed by atoms with Crippen molar-refractivity contribution in [1.29, 1.82) is 0 Å². The van der Waals surface area contributed by atoms with Gasteiger partial charge in [-0.1, -0.05) is 11.6 Å². The SMILES string of the molecule is COc1cc(Cl)c(F)c(C2(N=C=O)CC2)c1O. The summed E-state index contributed by atoms with van der Waals surface area (Å²) < 4.78 is 18.8. The number of hydrogen-bond acceptors (Lipinski definition) is 4. The van der Waals surface area contributed by atoms with E-state index in [-0.39, 0.29) is 22.1 Å². The van der Waals surface area contributed by atoms with Crippen LogP contribution in [0.4, 0.5) is 4.39 Å². The first-order valence-electron chi connectivity index (χ1n) is 4.90. The second-order valence-electron chi connectivity index (χ2n) is 3.83. The lowest BCUT2D eigenvalue weighted by atomic mass is 10.0. The van der Waals surface area contributed by atoms with Gasteiger partial charge in [-0.25, -0.2) is 9.18 Å². The molecule has 2 rings (SSSR count). The van der Waals surface area contributed by atoms with E-state index in [2.05, 4.69) is 4.99 Å². The summed E-state index contributed by atoms with van der Waals surface area (Å²) in [5.41, 5.74) is -1.13. The van der Waals surface area contributed by atoms with Gasteiger partial charge < -0.3 is 9.84 Å². The van der Waals surface area contributed by atoms with Crippen LogP contribution < -0.4 is 4.74 Å².